The van der Waals surface area contributed by atoms with E-state index in [0.29, 0.717) is 45.4 Å². The summed E-state index contributed by atoms with van der Waals surface area (Å²) in [5.74, 6) is -1.81. The van der Waals surface area contributed by atoms with Crippen molar-refractivity contribution in [3.63, 3.8) is 0 Å². The lowest BCUT2D eigenvalue weighted by Gasteiger charge is -2.37. The Kier molecular flexibility index (Phi) is 8.98. The first-order valence-electron chi connectivity index (χ1n) is 16.1. The number of hydrogen-bond donors (Lipinski definition) is 2. The van der Waals surface area contributed by atoms with E-state index in [1.807, 2.05) is 7.05 Å². The molecule has 2 aromatic carbocycles. The first-order chi connectivity index (χ1) is 23.0. The third-order valence-corrected chi connectivity index (χ3v) is 9.07. The maximum absolute atomic E-state index is 15.8. The number of alkyl halides is 3. The van der Waals surface area contributed by atoms with Gasteiger partial charge in [-0.15, -0.1) is 13.2 Å². The van der Waals surface area contributed by atoms with Crippen LogP contribution in [-0.4, -0.2) is 101 Å². The third kappa shape index (κ3) is 7.44. The summed E-state index contributed by atoms with van der Waals surface area (Å²) in [6, 6.07) is 6.07. The van der Waals surface area contributed by atoms with E-state index in [-0.39, 0.29) is 34.0 Å². The molecule has 1 aromatic heterocycles. The number of carbonyl (C=O) groups is 2. The lowest BCUT2D eigenvalue weighted by Crippen LogP contribution is -2.54. The van der Waals surface area contributed by atoms with Crippen molar-refractivity contribution in [2.24, 2.45) is 0 Å². The van der Waals surface area contributed by atoms with Gasteiger partial charge in [-0.05, 0) is 77.4 Å². The number of nitrogens with zero attached hydrogens (tertiary/aromatic N) is 5. The summed E-state index contributed by atoms with van der Waals surface area (Å²) >= 11 is 0. The fraction of sp³-hybridized carbons (Fsp3) is 0.515. The molecule has 3 aliphatic rings. The highest BCUT2D eigenvalue weighted by atomic mass is 19.4. The fourth-order valence-corrected chi connectivity index (χ4v) is 6.41. The molecule has 264 valence electrons. The minimum Gasteiger partial charge on any atom is -0.444 e. The lowest BCUT2D eigenvalue weighted by molar-refractivity contribution is -0.274. The normalized spacial score (nSPS) is 19.9. The van der Waals surface area contributed by atoms with Crippen LogP contribution in [0.4, 0.5) is 33.7 Å². The molecule has 0 unspecified atom stereocenters. The van der Waals surface area contributed by atoms with E-state index in [9.17, 15) is 27.6 Å². The number of piperazine rings is 1. The number of likely N-dealkylation sites (N-methyl/N-ethyl adjacent to an activating group) is 1. The predicted molar refractivity (Wildman–Crippen MR) is 174 cm³/mol. The fourth-order valence-electron chi connectivity index (χ4n) is 6.41. The molecule has 49 heavy (non-hydrogen) atoms. The summed E-state index contributed by atoms with van der Waals surface area (Å²) < 4.78 is 66.4. The Morgan fingerprint density at radius 2 is 1.73 bits per heavy atom. The van der Waals surface area contributed by atoms with Gasteiger partial charge in [0.1, 0.15) is 23.0 Å². The second-order valence-electron chi connectivity index (χ2n) is 13.8. The van der Waals surface area contributed by atoms with Gasteiger partial charge in [-0.2, -0.15) is 0 Å². The van der Waals surface area contributed by atoms with Crippen molar-refractivity contribution in [3.8, 4) is 11.4 Å². The molecule has 2 aliphatic heterocycles. The van der Waals surface area contributed by atoms with Gasteiger partial charge in [0.15, 0.2) is 11.6 Å². The number of rotatable bonds is 7. The van der Waals surface area contributed by atoms with Crippen molar-refractivity contribution in [3.05, 3.63) is 52.8 Å². The molecule has 16 heteroatoms. The van der Waals surface area contributed by atoms with Gasteiger partial charge in [0.25, 0.3) is 5.56 Å². The maximum Gasteiger partial charge on any atom is 0.573 e. The number of amides is 2. The average Bonchev–Trinajstić information content (AvgIpc) is 3.70. The Morgan fingerprint density at radius 1 is 1.02 bits per heavy atom. The zero-order valence-electron chi connectivity index (χ0n) is 27.7. The van der Waals surface area contributed by atoms with Crippen LogP contribution in [0.25, 0.3) is 16.6 Å². The largest absolute Gasteiger partial charge is 0.573 e. The number of ether oxygens (including phenoxy) is 2. The average molecular weight is 690 g/mol. The van der Waals surface area contributed by atoms with Crippen LogP contribution in [0.15, 0.2) is 41.5 Å². The molecule has 3 aromatic rings. The zero-order valence-corrected chi connectivity index (χ0v) is 27.7. The number of nitrogens with one attached hydrogen (secondary N) is 2. The molecule has 0 bridgehead atoms. The zero-order chi connectivity index (χ0) is 35.3. The van der Waals surface area contributed by atoms with Crippen molar-refractivity contribution >= 4 is 34.3 Å². The van der Waals surface area contributed by atoms with E-state index in [1.54, 1.807) is 25.7 Å². The van der Waals surface area contributed by atoms with E-state index in [4.69, 9.17) is 4.74 Å². The number of fused-ring (bicyclic) bond motifs is 1. The maximum atomic E-state index is 15.8. The summed E-state index contributed by atoms with van der Waals surface area (Å²) in [7, 11) is 1.98. The molecule has 3 heterocycles. The molecule has 12 nitrogen and oxygen atoms in total. The van der Waals surface area contributed by atoms with Crippen molar-refractivity contribution in [1.82, 2.24) is 24.7 Å². The Balaban J connectivity index is 1.25. The summed E-state index contributed by atoms with van der Waals surface area (Å²) in [6.45, 7) is 8.84. The van der Waals surface area contributed by atoms with Crippen LogP contribution in [0.5, 0.6) is 5.75 Å². The summed E-state index contributed by atoms with van der Waals surface area (Å²) in [6.07, 6.45) is -2.83. The van der Waals surface area contributed by atoms with E-state index in [1.165, 1.54) is 24.3 Å². The molecular weight excluding hydrogens is 650 g/mol. The summed E-state index contributed by atoms with van der Waals surface area (Å²) in [5.41, 5.74) is -2.31. The van der Waals surface area contributed by atoms with Crippen LogP contribution in [0, 0.1) is 5.82 Å². The van der Waals surface area contributed by atoms with E-state index in [2.05, 4.69) is 30.2 Å². The molecule has 1 saturated carbocycles. The number of alkyl carbamates (subject to hydrolysis) is 1. The molecule has 6 rings (SSSR count). The molecule has 0 radical (unpaired) electrons. The highest BCUT2D eigenvalue weighted by Gasteiger charge is 2.55. The highest BCUT2D eigenvalue weighted by molar-refractivity contribution is 6.01. The van der Waals surface area contributed by atoms with Gasteiger partial charge in [0.05, 0.1) is 28.5 Å². The van der Waals surface area contributed by atoms with Crippen LogP contribution in [-0.2, 0) is 9.53 Å². The third-order valence-electron chi connectivity index (χ3n) is 9.07. The first kappa shape index (κ1) is 34.4. The number of aromatic nitrogens is 2. The van der Waals surface area contributed by atoms with Gasteiger partial charge in [-0.3, -0.25) is 19.1 Å². The minimum absolute atomic E-state index is 0.0559. The number of hydrogen-bond acceptors (Lipinski definition) is 9. The van der Waals surface area contributed by atoms with Gasteiger partial charge < -0.3 is 29.9 Å². The molecule has 0 spiro atoms. The van der Waals surface area contributed by atoms with Crippen LogP contribution < -0.4 is 25.8 Å². The second-order valence-corrected chi connectivity index (χ2v) is 13.8. The first-order valence-corrected chi connectivity index (χ1v) is 16.1. The number of anilines is 2. The SMILES string of the molecule is CN1CCN(C2(C(=O)Nc3cc(-n4cnc5c(F)c(N6CC[C@H](NC(=O)OC(C)(C)C)C6)ccc5c4=O)ccc3OC(F)(F)F)CC2)CC1. The van der Waals surface area contributed by atoms with Crippen LogP contribution in [0.1, 0.15) is 40.0 Å². The van der Waals surface area contributed by atoms with Crippen LogP contribution >= 0.6 is 0 Å². The minimum atomic E-state index is -5.03. The van der Waals surface area contributed by atoms with Gasteiger partial charge in [-0.1, -0.05) is 0 Å². The molecule has 2 saturated heterocycles. The van der Waals surface area contributed by atoms with E-state index >= 15 is 4.39 Å². The topological polar surface area (TPSA) is 121 Å². The standard InChI is InChI=1S/C33H39F4N7O5/c1-31(2,3)49-30(47)39-20-9-12-42(18-20)24-7-6-22-27(26(24)34)38-19-44(28(22)45)21-5-8-25(48-33(35,36)37)23(17-21)40-29(46)32(10-11-32)43-15-13-41(4)14-16-43/h5-8,17,19-20H,9-16,18H2,1-4H3,(H,39,47)(H,40,46)/t20-/m0/s1. The molecule has 1 aliphatic carbocycles. The van der Waals surface area contributed by atoms with Crippen molar-refractivity contribution in [2.75, 3.05) is 56.5 Å². The van der Waals surface area contributed by atoms with Crippen LogP contribution in [0.3, 0.4) is 0 Å². The van der Waals surface area contributed by atoms with Gasteiger partial charge in [-0.25, -0.2) is 14.2 Å². The Bertz CT molecular complexity index is 1810. The Morgan fingerprint density at radius 3 is 2.39 bits per heavy atom. The molecule has 3 fully saturated rings. The van der Waals surface area contributed by atoms with Crippen LogP contribution in [0.2, 0.25) is 0 Å². The molecule has 1 atom stereocenters. The van der Waals surface area contributed by atoms with Gasteiger partial charge in [0.2, 0.25) is 5.91 Å². The monoisotopic (exact) mass is 689 g/mol. The van der Waals surface area contributed by atoms with Crippen molar-refractivity contribution < 1.29 is 36.6 Å². The lowest BCUT2D eigenvalue weighted by atomic mass is 10.1. The second kappa shape index (κ2) is 12.8. The number of halogens is 4. The Hall–Kier alpha value is -4.44. The predicted octanol–water partition coefficient (Wildman–Crippen LogP) is 4.25. The highest BCUT2D eigenvalue weighted by Crippen LogP contribution is 2.44. The van der Waals surface area contributed by atoms with Gasteiger partial charge in [0, 0.05) is 39.3 Å². The van der Waals surface area contributed by atoms with Crippen molar-refractivity contribution in [1.29, 1.82) is 0 Å². The summed E-state index contributed by atoms with van der Waals surface area (Å²) in [4.78, 5) is 49.5. The molecule has 2 amide bonds. The summed E-state index contributed by atoms with van der Waals surface area (Å²) in [5, 5.41) is 5.37. The number of carbonyl (C=O) groups excluding carboxylic acids is 2. The van der Waals surface area contributed by atoms with Crippen molar-refractivity contribution in [2.45, 2.75) is 63.6 Å². The van der Waals surface area contributed by atoms with E-state index < -0.39 is 46.6 Å². The molecule has 2 N–H and O–H groups in total. The number of benzene rings is 2. The van der Waals surface area contributed by atoms with E-state index in [0.717, 1.165) is 30.1 Å². The molecular formula is C33H39F4N7O5. The quantitative estimate of drug-likeness (QED) is 0.351. The Labute approximate surface area is 279 Å². The van der Waals surface area contributed by atoms with Gasteiger partial charge >= 0.3 is 12.5 Å². The smallest absolute Gasteiger partial charge is 0.444 e.